The van der Waals surface area contributed by atoms with Crippen molar-refractivity contribution >= 4 is 39.1 Å². The highest BCUT2D eigenvalue weighted by molar-refractivity contribution is 6.02. The van der Waals surface area contributed by atoms with Gasteiger partial charge < -0.3 is 14.7 Å². The van der Waals surface area contributed by atoms with Crippen molar-refractivity contribution in [1.29, 1.82) is 0 Å². The van der Waals surface area contributed by atoms with E-state index in [-0.39, 0.29) is 12.0 Å². The standard InChI is InChI=1S/C29H28N2O2/c1-28(2)26-22-11-5-3-9-20(22)13-15-24(26)31(17-7-8-18-32)29(28)19-30-27-23-12-6-4-10-21(23)14-16-25(27)33-29/h3-6,9-16,19,32H,7-8,17-18H2,1-2H3. The molecule has 1 spiro atoms. The van der Waals surface area contributed by atoms with Crippen LogP contribution in [-0.4, -0.2) is 30.2 Å². The molecule has 0 amide bonds. The molecule has 0 aliphatic carbocycles. The number of hydrogen-bond donors (Lipinski definition) is 1. The molecule has 2 aliphatic rings. The highest BCUT2D eigenvalue weighted by atomic mass is 16.5. The quantitative estimate of drug-likeness (QED) is 0.379. The first kappa shape index (κ1) is 20.3. The molecular weight excluding hydrogens is 408 g/mol. The molecule has 166 valence electrons. The molecule has 1 N–H and O–H groups in total. The second-order valence-corrected chi connectivity index (χ2v) is 9.58. The molecule has 4 heteroatoms. The summed E-state index contributed by atoms with van der Waals surface area (Å²) in [6, 6.07) is 25.5. The maximum absolute atomic E-state index is 9.44. The lowest BCUT2D eigenvalue weighted by molar-refractivity contribution is 0.0776. The molecule has 33 heavy (non-hydrogen) atoms. The second-order valence-electron chi connectivity index (χ2n) is 9.58. The molecule has 0 saturated carbocycles. The lowest BCUT2D eigenvalue weighted by Gasteiger charge is -2.46. The van der Waals surface area contributed by atoms with Crippen molar-refractivity contribution in [2.45, 2.75) is 37.8 Å². The molecule has 1 atom stereocenters. The largest absolute Gasteiger partial charge is 0.459 e. The van der Waals surface area contributed by atoms with Crippen LogP contribution in [0.2, 0.25) is 0 Å². The molecule has 0 bridgehead atoms. The first-order valence-corrected chi connectivity index (χ1v) is 11.7. The van der Waals surface area contributed by atoms with Crippen molar-refractivity contribution in [2.24, 2.45) is 4.99 Å². The lowest BCUT2D eigenvalue weighted by Crippen LogP contribution is -2.62. The van der Waals surface area contributed by atoms with E-state index >= 15 is 0 Å². The molecule has 2 aliphatic heterocycles. The average molecular weight is 437 g/mol. The van der Waals surface area contributed by atoms with Gasteiger partial charge >= 0.3 is 0 Å². The summed E-state index contributed by atoms with van der Waals surface area (Å²) in [5, 5.41) is 14.2. The van der Waals surface area contributed by atoms with Gasteiger partial charge in [-0.15, -0.1) is 0 Å². The molecule has 4 nitrogen and oxygen atoms in total. The summed E-state index contributed by atoms with van der Waals surface area (Å²) in [6.07, 6.45) is 3.66. The fourth-order valence-electron chi connectivity index (χ4n) is 5.72. The zero-order valence-electron chi connectivity index (χ0n) is 19.1. The van der Waals surface area contributed by atoms with Crippen LogP contribution < -0.4 is 9.64 Å². The number of benzene rings is 4. The van der Waals surface area contributed by atoms with Gasteiger partial charge in [0.15, 0.2) is 0 Å². The minimum Gasteiger partial charge on any atom is -0.459 e. The molecule has 1 unspecified atom stereocenters. The smallest absolute Gasteiger partial charge is 0.228 e. The minimum atomic E-state index is -0.746. The van der Waals surface area contributed by atoms with Crippen molar-refractivity contribution in [1.82, 2.24) is 0 Å². The third-order valence-electron chi connectivity index (χ3n) is 7.41. The number of anilines is 1. The summed E-state index contributed by atoms with van der Waals surface area (Å²) < 4.78 is 6.99. The van der Waals surface area contributed by atoms with E-state index in [0.29, 0.717) is 0 Å². The molecule has 6 rings (SSSR count). The van der Waals surface area contributed by atoms with Crippen LogP contribution in [0.25, 0.3) is 21.5 Å². The fraction of sp³-hybridized carbons (Fsp3) is 0.276. The number of aliphatic hydroxyl groups is 1. The van der Waals surface area contributed by atoms with Crippen LogP contribution in [-0.2, 0) is 5.41 Å². The lowest BCUT2D eigenvalue weighted by atomic mass is 9.75. The fourth-order valence-corrected chi connectivity index (χ4v) is 5.72. The summed E-state index contributed by atoms with van der Waals surface area (Å²) in [6.45, 7) is 5.51. The Kier molecular flexibility index (Phi) is 4.49. The van der Waals surface area contributed by atoms with Gasteiger partial charge in [-0.2, -0.15) is 0 Å². The molecular formula is C29H28N2O2. The van der Waals surface area contributed by atoms with Crippen molar-refractivity contribution in [3.8, 4) is 5.75 Å². The Morgan fingerprint density at radius 2 is 1.55 bits per heavy atom. The third-order valence-corrected chi connectivity index (χ3v) is 7.41. The summed E-state index contributed by atoms with van der Waals surface area (Å²) >= 11 is 0. The number of hydrogen-bond acceptors (Lipinski definition) is 4. The van der Waals surface area contributed by atoms with Crippen LogP contribution in [0.15, 0.2) is 77.8 Å². The molecule has 0 aromatic heterocycles. The van der Waals surface area contributed by atoms with Crippen molar-refractivity contribution in [3.63, 3.8) is 0 Å². The number of aliphatic imine (C=N–C) groups is 1. The second kappa shape index (κ2) is 7.32. The van der Waals surface area contributed by atoms with Crippen molar-refractivity contribution in [3.05, 3.63) is 78.4 Å². The van der Waals surface area contributed by atoms with Gasteiger partial charge in [0.25, 0.3) is 0 Å². The van der Waals surface area contributed by atoms with Crippen LogP contribution >= 0.6 is 0 Å². The third kappa shape index (κ3) is 2.77. The predicted molar refractivity (Wildman–Crippen MR) is 136 cm³/mol. The van der Waals surface area contributed by atoms with Crippen LogP contribution in [0.4, 0.5) is 11.4 Å². The summed E-state index contributed by atoms with van der Waals surface area (Å²) in [5.41, 5.74) is 2.28. The van der Waals surface area contributed by atoms with E-state index in [4.69, 9.17) is 9.73 Å². The van der Waals surface area contributed by atoms with E-state index in [1.807, 2.05) is 18.3 Å². The Morgan fingerprint density at radius 1 is 0.848 bits per heavy atom. The number of nitrogens with zero attached hydrogens (tertiary/aromatic N) is 2. The van der Waals surface area contributed by atoms with E-state index in [9.17, 15) is 5.11 Å². The SMILES string of the molecule is CC1(C)c2c(ccc3ccccc23)N(CCCCO)C12C=Nc1c(ccc3ccccc13)O2. The molecule has 0 radical (unpaired) electrons. The predicted octanol–water partition coefficient (Wildman–Crippen LogP) is 6.35. The maximum atomic E-state index is 9.44. The number of ether oxygens (including phenoxy) is 1. The van der Waals surface area contributed by atoms with Crippen LogP contribution in [0, 0.1) is 0 Å². The van der Waals surface area contributed by atoms with E-state index < -0.39 is 5.72 Å². The number of unbranched alkanes of at least 4 members (excludes halogenated alkanes) is 1. The van der Waals surface area contributed by atoms with Gasteiger partial charge in [0.05, 0.1) is 11.6 Å². The molecule has 0 fully saturated rings. The Bertz CT molecular complexity index is 1410. The van der Waals surface area contributed by atoms with Gasteiger partial charge in [-0.05, 0) is 60.5 Å². The van der Waals surface area contributed by atoms with Crippen molar-refractivity contribution < 1.29 is 9.84 Å². The van der Waals surface area contributed by atoms with E-state index in [0.717, 1.165) is 41.6 Å². The van der Waals surface area contributed by atoms with Crippen LogP contribution in [0.1, 0.15) is 32.3 Å². The molecule has 4 aromatic carbocycles. The summed E-state index contributed by atoms with van der Waals surface area (Å²) in [5.74, 6) is 0.813. The topological polar surface area (TPSA) is 45.1 Å². The molecule has 2 heterocycles. The first-order chi connectivity index (χ1) is 16.1. The van der Waals surface area contributed by atoms with Crippen LogP contribution in [0.3, 0.4) is 0 Å². The van der Waals surface area contributed by atoms with E-state index in [1.54, 1.807) is 0 Å². The first-order valence-electron chi connectivity index (χ1n) is 11.7. The highest BCUT2D eigenvalue weighted by Gasteiger charge is 2.60. The van der Waals surface area contributed by atoms with E-state index in [1.165, 1.54) is 22.0 Å². The molecule has 0 saturated heterocycles. The zero-order valence-corrected chi connectivity index (χ0v) is 19.1. The van der Waals surface area contributed by atoms with Gasteiger partial charge in [-0.1, -0.05) is 60.7 Å². The number of fused-ring (bicyclic) bond motifs is 6. The highest BCUT2D eigenvalue weighted by Crippen LogP contribution is 2.56. The minimum absolute atomic E-state index is 0.193. The normalized spacial score (nSPS) is 20.3. The summed E-state index contributed by atoms with van der Waals surface area (Å²) in [4.78, 5) is 7.42. The van der Waals surface area contributed by atoms with Gasteiger partial charge in [0.2, 0.25) is 5.72 Å². The summed E-state index contributed by atoms with van der Waals surface area (Å²) in [7, 11) is 0. The zero-order chi connectivity index (χ0) is 22.6. The monoisotopic (exact) mass is 436 g/mol. The Morgan fingerprint density at radius 3 is 2.33 bits per heavy atom. The molecule has 4 aromatic rings. The Balaban J connectivity index is 1.56. The van der Waals surface area contributed by atoms with Gasteiger partial charge in [-0.3, -0.25) is 4.99 Å². The Labute approximate surface area is 194 Å². The van der Waals surface area contributed by atoms with Crippen molar-refractivity contribution in [2.75, 3.05) is 18.1 Å². The van der Waals surface area contributed by atoms with Gasteiger partial charge in [0, 0.05) is 24.2 Å². The Hall–Kier alpha value is -3.37. The number of aliphatic hydroxyl groups excluding tert-OH is 1. The average Bonchev–Trinajstić information content (AvgIpc) is 3.02. The van der Waals surface area contributed by atoms with Gasteiger partial charge in [0.1, 0.15) is 11.4 Å². The van der Waals surface area contributed by atoms with Crippen LogP contribution in [0.5, 0.6) is 5.75 Å². The maximum Gasteiger partial charge on any atom is 0.228 e. The van der Waals surface area contributed by atoms with Gasteiger partial charge in [-0.25, -0.2) is 0 Å². The van der Waals surface area contributed by atoms with E-state index in [2.05, 4.69) is 79.4 Å². The number of rotatable bonds is 4.